The molecule has 2 amide bonds. The molecule has 1 N–H and O–H groups in total. The van der Waals surface area contributed by atoms with E-state index in [9.17, 15) is 4.79 Å². The second-order valence-electron chi connectivity index (χ2n) is 8.85. The molecule has 2 saturated heterocycles. The highest BCUT2D eigenvalue weighted by Crippen LogP contribution is 2.28. The Morgan fingerprint density at radius 1 is 1.17 bits per heavy atom. The van der Waals surface area contributed by atoms with Crippen molar-refractivity contribution in [1.29, 1.82) is 0 Å². The van der Waals surface area contributed by atoms with E-state index in [4.69, 9.17) is 9.72 Å². The number of rotatable bonds is 5. The lowest BCUT2D eigenvalue weighted by Crippen LogP contribution is -2.46. The maximum atomic E-state index is 12.7. The lowest BCUT2D eigenvalue weighted by Gasteiger charge is -2.34. The van der Waals surface area contributed by atoms with Crippen molar-refractivity contribution in [3.63, 3.8) is 0 Å². The van der Waals surface area contributed by atoms with Crippen LogP contribution in [-0.4, -0.2) is 46.8 Å². The van der Waals surface area contributed by atoms with Gasteiger partial charge in [0.2, 0.25) is 0 Å². The monoisotopic (exact) mass is 410 g/mol. The number of piperidine rings is 1. The maximum absolute atomic E-state index is 12.7. The van der Waals surface area contributed by atoms with Crippen molar-refractivity contribution in [1.82, 2.24) is 19.8 Å². The van der Waals surface area contributed by atoms with E-state index < -0.39 is 0 Å². The number of urea groups is 1. The van der Waals surface area contributed by atoms with Crippen LogP contribution < -0.4 is 5.32 Å². The molecular weight excluding hydrogens is 376 g/mol. The van der Waals surface area contributed by atoms with Gasteiger partial charge in [-0.2, -0.15) is 0 Å². The van der Waals surface area contributed by atoms with Crippen molar-refractivity contribution in [2.75, 3.05) is 26.3 Å². The molecule has 6 nitrogen and oxygen atoms in total. The van der Waals surface area contributed by atoms with Gasteiger partial charge in [0.1, 0.15) is 5.82 Å². The number of imidazole rings is 1. The van der Waals surface area contributed by atoms with Gasteiger partial charge in [-0.1, -0.05) is 29.8 Å². The number of nitrogens with zero attached hydrogens (tertiary/aromatic N) is 3. The first kappa shape index (κ1) is 20.9. The Labute approximate surface area is 179 Å². The summed E-state index contributed by atoms with van der Waals surface area (Å²) in [4.78, 5) is 19.5. The number of likely N-dealkylation sites (tertiary alicyclic amines) is 1. The fraction of sp³-hybridized carbons (Fsp3) is 0.583. The van der Waals surface area contributed by atoms with Crippen LogP contribution in [0.25, 0.3) is 0 Å². The predicted molar refractivity (Wildman–Crippen MR) is 117 cm³/mol. The van der Waals surface area contributed by atoms with Gasteiger partial charge in [0.05, 0.1) is 0 Å². The molecule has 0 spiro atoms. The van der Waals surface area contributed by atoms with E-state index >= 15 is 0 Å². The van der Waals surface area contributed by atoms with E-state index in [1.165, 1.54) is 17.1 Å². The molecule has 0 bridgehead atoms. The van der Waals surface area contributed by atoms with E-state index in [-0.39, 0.29) is 6.03 Å². The van der Waals surface area contributed by atoms with Crippen LogP contribution in [0.15, 0.2) is 30.5 Å². The summed E-state index contributed by atoms with van der Waals surface area (Å²) in [6, 6.07) is 8.37. The minimum atomic E-state index is 0.0484. The normalized spacial score (nSPS) is 20.3. The molecule has 4 rings (SSSR count). The summed E-state index contributed by atoms with van der Waals surface area (Å²) in [6.45, 7) is 9.05. The van der Waals surface area contributed by atoms with E-state index in [2.05, 4.69) is 48.0 Å². The van der Waals surface area contributed by atoms with E-state index in [0.29, 0.717) is 18.4 Å². The lowest BCUT2D eigenvalue weighted by molar-refractivity contribution is 0.0822. The Balaban J connectivity index is 1.34. The fourth-order valence-electron chi connectivity index (χ4n) is 4.65. The maximum Gasteiger partial charge on any atom is 0.317 e. The Bertz CT molecular complexity index is 839. The SMILES string of the molecule is Cc1ccc(CNC(=O)N2CCCC(Cn3c(C)cnc3C3CCOCC3)C2)cc1. The Morgan fingerprint density at radius 2 is 1.93 bits per heavy atom. The van der Waals surface area contributed by atoms with Gasteiger partial charge in [-0.25, -0.2) is 9.78 Å². The number of ether oxygens (including phenoxy) is 1. The van der Waals surface area contributed by atoms with Gasteiger partial charge in [0, 0.05) is 57.2 Å². The molecule has 1 aromatic carbocycles. The molecule has 1 aromatic heterocycles. The van der Waals surface area contributed by atoms with E-state index in [1.54, 1.807) is 0 Å². The molecule has 2 fully saturated rings. The van der Waals surface area contributed by atoms with Crippen molar-refractivity contribution < 1.29 is 9.53 Å². The molecule has 6 heteroatoms. The summed E-state index contributed by atoms with van der Waals surface area (Å²) < 4.78 is 7.93. The topological polar surface area (TPSA) is 59.4 Å². The number of aryl methyl sites for hydroxylation is 2. The summed E-state index contributed by atoms with van der Waals surface area (Å²) in [5.74, 6) is 2.16. The molecule has 3 heterocycles. The van der Waals surface area contributed by atoms with Crippen LogP contribution in [0.3, 0.4) is 0 Å². The number of amides is 2. The number of aromatic nitrogens is 2. The highest BCUT2D eigenvalue weighted by molar-refractivity contribution is 5.74. The van der Waals surface area contributed by atoms with Crippen molar-refractivity contribution >= 4 is 6.03 Å². The standard InChI is InChI=1S/C24H34N4O2/c1-18-5-7-20(8-6-18)15-26-24(29)27-11-3-4-21(16-27)17-28-19(2)14-25-23(28)22-9-12-30-13-10-22/h5-8,14,21-22H,3-4,9-13,15-17H2,1-2H3,(H,26,29). The molecule has 2 aromatic rings. The highest BCUT2D eigenvalue weighted by atomic mass is 16.5. The fourth-order valence-corrected chi connectivity index (χ4v) is 4.65. The molecule has 2 aliphatic heterocycles. The Kier molecular flexibility index (Phi) is 6.72. The van der Waals surface area contributed by atoms with Gasteiger partial charge in [0.15, 0.2) is 0 Å². The third-order valence-electron chi connectivity index (χ3n) is 6.48. The third-order valence-corrected chi connectivity index (χ3v) is 6.48. The number of hydrogen-bond acceptors (Lipinski definition) is 3. The van der Waals surface area contributed by atoms with Crippen LogP contribution in [0, 0.1) is 19.8 Å². The number of carbonyl (C=O) groups excluding carboxylic acids is 1. The number of hydrogen-bond donors (Lipinski definition) is 1. The highest BCUT2D eigenvalue weighted by Gasteiger charge is 2.27. The zero-order valence-corrected chi connectivity index (χ0v) is 18.3. The van der Waals surface area contributed by atoms with E-state index in [1.807, 2.05) is 11.1 Å². The van der Waals surface area contributed by atoms with Crippen LogP contribution in [0.1, 0.15) is 54.2 Å². The van der Waals surface area contributed by atoms with E-state index in [0.717, 1.165) is 64.1 Å². The average Bonchev–Trinajstić information content (AvgIpc) is 3.14. The first-order chi connectivity index (χ1) is 14.6. The van der Waals surface area contributed by atoms with Gasteiger partial charge in [-0.15, -0.1) is 0 Å². The first-order valence-electron chi connectivity index (χ1n) is 11.3. The smallest absolute Gasteiger partial charge is 0.317 e. The zero-order valence-electron chi connectivity index (χ0n) is 18.3. The van der Waals surface area contributed by atoms with Crippen LogP contribution in [-0.2, 0) is 17.8 Å². The first-order valence-corrected chi connectivity index (χ1v) is 11.3. The summed E-state index contributed by atoms with van der Waals surface area (Å²) in [7, 11) is 0. The summed E-state index contributed by atoms with van der Waals surface area (Å²) >= 11 is 0. The van der Waals surface area contributed by atoms with Gasteiger partial charge >= 0.3 is 6.03 Å². The molecular formula is C24H34N4O2. The number of carbonyl (C=O) groups is 1. The molecule has 0 aliphatic carbocycles. The van der Waals surface area contributed by atoms with Crippen LogP contribution in [0.5, 0.6) is 0 Å². The lowest BCUT2D eigenvalue weighted by atomic mass is 9.96. The minimum Gasteiger partial charge on any atom is -0.381 e. The second-order valence-corrected chi connectivity index (χ2v) is 8.85. The summed E-state index contributed by atoms with van der Waals surface area (Å²) in [5.41, 5.74) is 3.59. The molecule has 2 aliphatic rings. The van der Waals surface area contributed by atoms with Gasteiger partial charge in [-0.3, -0.25) is 0 Å². The van der Waals surface area contributed by atoms with Crippen molar-refractivity contribution in [3.05, 3.63) is 53.1 Å². The molecule has 162 valence electrons. The Morgan fingerprint density at radius 3 is 2.70 bits per heavy atom. The van der Waals surface area contributed by atoms with Crippen molar-refractivity contribution in [3.8, 4) is 0 Å². The van der Waals surface area contributed by atoms with Crippen LogP contribution in [0.2, 0.25) is 0 Å². The minimum absolute atomic E-state index is 0.0484. The summed E-state index contributed by atoms with van der Waals surface area (Å²) in [6.07, 6.45) is 6.32. The van der Waals surface area contributed by atoms with Crippen molar-refractivity contribution in [2.24, 2.45) is 5.92 Å². The zero-order chi connectivity index (χ0) is 20.9. The molecule has 0 radical (unpaired) electrons. The molecule has 1 unspecified atom stereocenters. The van der Waals surface area contributed by atoms with Gasteiger partial charge < -0.3 is 19.5 Å². The van der Waals surface area contributed by atoms with Crippen molar-refractivity contribution in [2.45, 2.75) is 58.5 Å². The quantitative estimate of drug-likeness (QED) is 0.810. The van der Waals surface area contributed by atoms with Crippen LogP contribution >= 0.6 is 0 Å². The predicted octanol–water partition coefficient (Wildman–Crippen LogP) is 4.02. The third kappa shape index (κ3) is 5.04. The van der Waals surface area contributed by atoms with Crippen LogP contribution in [0.4, 0.5) is 4.79 Å². The molecule has 30 heavy (non-hydrogen) atoms. The number of benzene rings is 1. The van der Waals surface area contributed by atoms with Gasteiger partial charge in [0.25, 0.3) is 0 Å². The molecule has 0 saturated carbocycles. The number of nitrogens with one attached hydrogen (secondary N) is 1. The molecule has 1 atom stereocenters. The largest absolute Gasteiger partial charge is 0.381 e. The Hall–Kier alpha value is -2.34. The second kappa shape index (κ2) is 9.65. The van der Waals surface area contributed by atoms with Gasteiger partial charge in [-0.05, 0) is 51.0 Å². The summed E-state index contributed by atoms with van der Waals surface area (Å²) in [5, 5.41) is 3.10. The average molecular weight is 411 g/mol.